The second kappa shape index (κ2) is 6.71. The first-order valence-corrected chi connectivity index (χ1v) is 9.25. The zero-order chi connectivity index (χ0) is 17.4. The Hall–Kier alpha value is -2.01. The number of hydrogen-bond donors (Lipinski definition) is 1. The molecule has 0 radical (unpaired) electrons. The van der Waals surface area contributed by atoms with Crippen molar-refractivity contribution >= 4 is 0 Å². The lowest BCUT2D eigenvalue weighted by Gasteiger charge is -2.24. The molecule has 0 fully saturated rings. The maximum atomic E-state index is 5.90. The van der Waals surface area contributed by atoms with Crippen LogP contribution in [0.25, 0.3) is 0 Å². The van der Waals surface area contributed by atoms with Gasteiger partial charge in [-0.3, -0.25) is 0 Å². The van der Waals surface area contributed by atoms with E-state index in [0.29, 0.717) is 5.92 Å². The van der Waals surface area contributed by atoms with Crippen molar-refractivity contribution in [2.45, 2.75) is 58.2 Å². The van der Waals surface area contributed by atoms with Crippen LogP contribution in [0.5, 0.6) is 11.5 Å². The molecule has 0 unspecified atom stereocenters. The van der Waals surface area contributed by atoms with Crippen molar-refractivity contribution in [3.8, 4) is 11.5 Å². The smallest absolute Gasteiger partial charge is 0.123 e. The number of benzene rings is 1. The fourth-order valence-electron chi connectivity index (χ4n) is 4.09. The second-order valence-corrected chi connectivity index (χ2v) is 7.31. The molecule has 25 heavy (non-hydrogen) atoms. The summed E-state index contributed by atoms with van der Waals surface area (Å²) in [6, 6.07) is 4.27. The van der Waals surface area contributed by atoms with Crippen LogP contribution in [0, 0.1) is 6.92 Å². The van der Waals surface area contributed by atoms with Gasteiger partial charge in [0.25, 0.3) is 0 Å². The van der Waals surface area contributed by atoms with Gasteiger partial charge in [-0.25, -0.2) is 4.98 Å². The Bertz CT molecular complexity index is 769. The lowest BCUT2D eigenvalue weighted by molar-refractivity contribution is 0.254. The topological polar surface area (TPSA) is 48.3 Å². The molecule has 2 atom stereocenters. The number of aryl methyl sites for hydroxylation is 2. The van der Waals surface area contributed by atoms with Crippen LogP contribution in [-0.4, -0.2) is 29.3 Å². The highest BCUT2D eigenvalue weighted by Gasteiger charge is 2.23. The number of fused-ring (bicyclic) bond motifs is 2. The molecule has 5 nitrogen and oxygen atoms in total. The number of ether oxygens (including phenoxy) is 2. The van der Waals surface area contributed by atoms with E-state index in [4.69, 9.17) is 14.5 Å². The van der Waals surface area contributed by atoms with E-state index in [2.05, 4.69) is 42.1 Å². The minimum absolute atomic E-state index is 0.257. The van der Waals surface area contributed by atoms with Gasteiger partial charge in [0.05, 0.1) is 12.8 Å². The Morgan fingerprint density at radius 1 is 1.40 bits per heavy atom. The van der Waals surface area contributed by atoms with E-state index in [1.807, 2.05) is 0 Å². The molecule has 4 rings (SSSR count). The Labute approximate surface area is 149 Å². The van der Waals surface area contributed by atoms with Gasteiger partial charge >= 0.3 is 0 Å². The van der Waals surface area contributed by atoms with E-state index >= 15 is 0 Å². The molecule has 3 heterocycles. The van der Waals surface area contributed by atoms with Gasteiger partial charge in [0.1, 0.15) is 23.4 Å². The zero-order valence-electron chi connectivity index (χ0n) is 15.3. The van der Waals surface area contributed by atoms with E-state index in [1.165, 1.54) is 24.2 Å². The van der Waals surface area contributed by atoms with Gasteiger partial charge in [0.2, 0.25) is 0 Å². The number of nitrogens with zero attached hydrogens (tertiary/aromatic N) is 2. The molecular weight excluding hydrogens is 314 g/mol. The average Bonchev–Trinajstić information content (AvgIpc) is 3.14. The van der Waals surface area contributed by atoms with Crippen LogP contribution in [0.2, 0.25) is 0 Å². The molecule has 0 spiro atoms. The Balaban J connectivity index is 1.43. The molecule has 0 saturated heterocycles. The van der Waals surface area contributed by atoms with Crippen molar-refractivity contribution < 1.29 is 9.47 Å². The van der Waals surface area contributed by atoms with Crippen LogP contribution >= 0.6 is 0 Å². The van der Waals surface area contributed by atoms with Gasteiger partial charge in [-0.05, 0) is 38.8 Å². The number of methoxy groups -OCH3 is 1. The maximum absolute atomic E-state index is 5.90. The van der Waals surface area contributed by atoms with Gasteiger partial charge in [0.15, 0.2) is 0 Å². The number of hydrogen-bond acceptors (Lipinski definition) is 4. The van der Waals surface area contributed by atoms with Crippen LogP contribution < -0.4 is 14.8 Å². The van der Waals surface area contributed by atoms with Gasteiger partial charge < -0.3 is 19.4 Å². The predicted octanol–water partition coefficient (Wildman–Crippen LogP) is 3.19. The lowest BCUT2D eigenvalue weighted by atomic mass is 9.98. The first-order chi connectivity index (χ1) is 12.1. The Morgan fingerprint density at radius 3 is 3.12 bits per heavy atom. The van der Waals surface area contributed by atoms with E-state index < -0.39 is 0 Å². The number of imidazole rings is 1. The van der Waals surface area contributed by atoms with Gasteiger partial charge in [-0.15, -0.1) is 0 Å². The van der Waals surface area contributed by atoms with Gasteiger partial charge in [0, 0.05) is 49.3 Å². The molecule has 5 heteroatoms. The molecule has 0 saturated carbocycles. The fraction of sp³-hybridized carbons (Fsp3) is 0.550. The molecule has 0 aliphatic carbocycles. The summed E-state index contributed by atoms with van der Waals surface area (Å²) in [6.07, 6.45) is 5.81. The van der Waals surface area contributed by atoms with E-state index in [1.54, 1.807) is 7.11 Å². The largest absolute Gasteiger partial charge is 0.496 e. The zero-order valence-corrected chi connectivity index (χ0v) is 15.3. The van der Waals surface area contributed by atoms with Crippen molar-refractivity contribution in [1.82, 2.24) is 14.9 Å². The van der Waals surface area contributed by atoms with E-state index in [9.17, 15) is 0 Å². The SMILES string of the molecule is COc1cc2c(cc1CNC[C@H]1CCCn3cc(C)nc31)O[C@@H](C)C2. The van der Waals surface area contributed by atoms with Crippen molar-refractivity contribution in [3.63, 3.8) is 0 Å². The van der Waals surface area contributed by atoms with Crippen molar-refractivity contribution in [2.75, 3.05) is 13.7 Å². The minimum atomic E-state index is 0.257. The number of nitrogens with one attached hydrogen (secondary N) is 1. The lowest BCUT2D eigenvalue weighted by Crippen LogP contribution is -2.26. The highest BCUT2D eigenvalue weighted by molar-refractivity contribution is 5.48. The number of aromatic nitrogens is 2. The highest BCUT2D eigenvalue weighted by Crippen LogP contribution is 2.35. The Kier molecular flexibility index (Phi) is 4.42. The quantitative estimate of drug-likeness (QED) is 0.907. The molecular formula is C20H27N3O2. The summed E-state index contributed by atoms with van der Waals surface area (Å²) in [5, 5.41) is 3.61. The van der Waals surface area contributed by atoms with E-state index in [-0.39, 0.29) is 6.10 Å². The monoisotopic (exact) mass is 341 g/mol. The summed E-state index contributed by atoms with van der Waals surface area (Å²) in [7, 11) is 1.74. The second-order valence-electron chi connectivity index (χ2n) is 7.31. The summed E-state index contributed by atoms with van der Waals surface area (Å²) >= 11 is 0. The third-order valence-electron chi connectivity index (χ3n) is 5.25. The molecule has 1 aromatic heterocycles. The van der Waals surface area contributed by atoms with Crippen molar-refractivity contribution in [2.24, 2.45) is 0 Å². The summed E-state index contributed by atoms with van der Waals surface area (Å²) < 4.78 is 13.8. The molecule has 134 valence electrons. The fourth-order valence-corrected chi connectivity index (χ4v) is 4.09. The summed E-state index contributed by atoms with van der Waals surface area (Å²) in [4.78, 5) is 4.73. The summed E-state index contributed by atoms with van der Waals surface area (Å²) in [5.41, 5.74) is 3.53. The molecule has 2 aliphatic heterocycles. The van der Waals surface area contributed by atoms with Crippen LogP contribution in [0.4, 0.5) is 0 Å². The average molecular weight is 341 g/mol. The van der Waals surface area contributed by atoms with Crippen LogP contribution in [0.15, 0.2) is 18.3 Å². The highest BCUT2D eigenvalue weighted by atomic mass is 16.5. The normalized spacial score (nSPS) is 21.6. The van der Waals surface area contributed by atoms with Crippen molar-refractivity contribution in [3.05, 3.63) is 41.0 Å². The van der Waals surface area contributed by atoms with Crippen molar-refractivity contribution in [1.29, 1.82) is 0 Å². The van der Waals surface area contributed by atoms with Crippen LogP contribution in [0.3, 0.4) is 0 Å². The maximum Gasteiger partial charge on any atom is 0.123 e. The van der Waals surface area contributed by atoms with Gasteiger partial charge in [-0.1, -0.05) is 0 Å². The minimum Gasteiger partial charge on any atom is -0.496 e. The Morgan fingerprint density at radius 2 is 2.28 bits per heavy atom. The molecule has 1 N–H and O–H groups in total. The molecule has 2 aromatic rings. The van der Waals surface area contributed by atoms with E-state index in [0.717, 1.165) is 48.8 Å². The molecule has 0 amide bonds. The third kappa shape index (κ3) is 3.25. The first kappa shape index (κ1) is 16.5. The third-order valence-corrected chi connectivity index (χ3v) is 5.25. The van der Waals surface area contributed by atoms with Crippen LogP contribution in [0.1, 0.15) is 48.3 Å². The molecule has 0 bridgehead atoms. The first-order valence-electron chi connectivity index (χ1n) is 9.25. The molecule has 2 aliphatic rings. The predicted molar refractivity (Wildman–Crippen MR) is 97.4 cm³/mol. The van der Waals surface area contributed by atoms with Crippen LogP contribution in [-0.2, 0) is 19.5 Å². The molecule has 1 aromatic carbocycles. The summed E-state index contributed by atoms with van der Waals surface area (Å²) in [5.74, 6) is 3.67. The standard InChI is InChI=1S/C20H27N3O2/c1-13-12-23-6-4-5-15(20(23)22-13)10-21-11-17-9-19-16(7-14(2)25-19)8-18(17)24-3/h8-9,12,14-15,21H,4-7,10-11H2,1-3H3/t14-,15+/m0/s1. The number of rotatable bonds is 5. The van der Waals surface area contributed by atoms with Gasteiger partial charge in [-0.2, -0.15) is 0 Å². The summed E-state index contributed by atoms with van der Waals surface area (Å²) in [6.45, 7) is 7.00.